The van der Waals surface area contributed by atoms with Gasteiger partial charge >= 0.3 is 0 Å². The molecule has 0 aliphatic carbocycles. The van der Waals surface area contributed by atoms with Crippen LogP contribution >= 0.6 is 0 Å². The van der Waals surface area contributed by atoms with Crippen molar-refractivity contribution >= 4 is 0 Å². The first kappa shape index (κ1) is 347. The molecule has 1 nitrogen and oxygen atoms in total. The van der Waals surface area contributed by atoms with Crippen LogP contribution in [-0.2, 0) is 1410 Å². The molecule has 0 aromatic rings. The van der Waals surface area contributed by atoms with Crippen molar-refractivity contribution in [3.8, 4) is 0 Å². The van der Waals surface area contributed by atoms with Crippen molar-refractivity contribution < 1.29 is 1410 Å². The summed E-state index contributed by atoms with van der Waals surface area (Å²) in [4.78, 5) is 2.60. The fourth-order valence-electron chi connectivity index (χ4n) is 2.10. The number of nitrogens with zero attached hydrogens (tertiary/aromatic N) is 1. The van der Waals surface area contributed by atoms with Crippen molar-refractivity contribution in [2.45, 2.75) is 120 Å². The standard InChI is InChI=1S/C9H19N.2C3H8.2C2H6.2CH3.43Y/c1-4-10-8(2)6-5-7-9(10)3;2*1-3-2;2*1-2;;;;;;;;;;;;;;;;;;;;;;;;;;;;;;;;;;;;;;;;;;;;;/h8-9H,4-7H2,1-3H3;2*3H2,1-2H3;2*1-2H3;2*1H3;;;;;;;;;;;;;;;;;;;;;;;;;;;;;;;;;;;;;;;;;;;/q;;;;;2*-1;;;;;;;;;;;;;;;;;;;;;;;;;;;;;;;;;;;;;;;;;;;/t8-,9+;;;;;;;;;;;;;;;;;;;;;;;;;;;;;;;;;;;;;;;;;;;;;;;;;. The van der Waals surface area contributed by atoms with Crippen LogP contribution in [0.15, 0.2) is 0 Å². The number of hydrogen-bond donors (Lipinski definition) is 0. The molecule has 0 aromatic carbocycles. The van der Waals surface area contributed by atoms with Gasteiger partial charge in [-0.2, -0.15) is 0 Å². The van der Waals surface area contributed by atoms with Gasteiger partial charge in [0.2, 0.25) is 0 Å². The van der Waals surface area contributed by atoms with Crippen molar-refractivity contribution in [3.63, 3.8) is 0 Å². The van der Waals surface area contributed by atoms with Gasteiger partial charge in [0.15, 0.2) is 0 Å². The molecule has 0 unspecified atom stereocenters. The summed E-state index contributed by atoms with van der Waals surface area (Å²) in [5.74, 6) is 0. The Balaban J connectivity index is -0.000000000947. The van der Waals surface area contributed by atoms with E-state index < -0.39 is 0 Å². The molecule has 1 fully saturated rings. The van der Waals surface area contributed by atoms with Crippen molar-refractivity contribution in [2.75, 3.05) is 6.54 Å². The van der Waals surface area contributed by atoms with Crippen LogP contribution in [-0.4, -0.2) is 23.5 Å². The molecule has 1 heterocycles. The molecule has 65 heavy (non-hydrogen) atoms. The molecule has 1 aliphatic rings. The Bertz CT molecular complexity index is 171. The van der Waals surface area contributed by atoms with E-state index in [0.29, 0.717) is 0 Å². The third-order valence-corrected chi connectivity index (χ3v) is 2.74. The molecular formula is C21H53NY43-2. The minimum absolute atomic E-state index is 0. The van der Waals surface area contributed by atoms with Crippen molar-refractivity contribution in [1.29, 1.82) is 0 Å². The summed E-state index contributed by atoms with van der Waals surface area (Å²) >= 11 is 0. The van der Waals surface area contributed by atoms with Gasteiger partial charge < -0.3 is 14.9 Å². The Labute approximate surface area is 1500 Å². The fraction of sp³-hybridized carbons (Fsp3) is 0.905. The molecule has 0 bridgehead atoms. The van der Waals surface area contributed by atoms with Crippen molar-refractivity contribution in [2.24, 2.45) is 0 Å². The smallest absolute Gasteiger partial charge is 0.00696 e. The molecule has 273 valence electrons. The molecule has 0 N–H and O–H groups in total. The predicted octanol–water partition coefficient (Wildman–Crippen LogP) is 7.95. The van der Waals surface area contributed by atoms with E-state index >= 15 is 0 Å². The molecular weight excluding hydrogens is 4090 g/mol. The first-order valence-electron chi connectivity index (χ1n) is 9.34. The summed E-state index contributed by atoms with van der Waals surface area (Å²) in [6.07, 6.45) is 6.73. The quantitative estimate of drug-likeness (QED) is 0.242. The molecule has 1 aliphatic heterocycles. The van der Waals surface area contributed by atoms with Crippen LogP contribution in [0.4, 0.5) is 0 Å². The van der Waals surface area contributed by atoms with Crippen LogP contribution in [0.3, 0.4) is 0 Å². The largest absolute Gasteiger partial charge is 0.358 e. The van der Waals surface area contributed by atoms with Crippen LogP contribution < -0.4 is 0 Å². The van der Waals surface area contributed by atoms with Gasteiger partial charge in [0.05, 0.1) is 0 Å². The van der Waals surface area contributed by atoms with Gasteiger partial charge in [0.25, 0.3) is 0 Å². The second-order valence-electron chi connectivity index (χ2n) is 4.87. The molecule has 44 heteroatoms. The number of piperidine rings is 1. The van der Waals surface area contributed by atoms with E-state index in [0.717, 1.165) is 12.1 Å². The zero-order valence-corrected chi connectivity index (χ0v) is 166. The Morgan fingerprint density at radius 3 is 0.369 bits per heavy atom. The van der Waals surface area contributed by atoms with E-state index in [1.54, 1.807) is 0 Å². The van der Waals surface area contributed by atoms with Gasteiger partial charge in [-0.1, -0.05) is 81.6 Å². The van der Waals surface area contributed by atoms with Crippen LogP contribution in [0.1, 0.15) is 108 Å². The minimum atomic E-state index is 0. The van der Waals surface area contributed by atoms with Crippen LogP contribution in [0, 0.1) is 14.9 Å². The molecule has 0 spiro atoms. The van der Waals surface area contributed by atoms with Gasteiger partial charge in [-0.3, -0.25) is 4.90 Å². The first-order chi connectivity index (χ1) is 9.58. The second kappa shape index (κ2) is 349. The van der Waals surface area contributed by atoms with Gasteiger partial charge in [-0.25, -0.2) is 0 Å². The molecule has 43 radical (unpaired) electrons. The van der Waals surface area contributed by atoms with E-state index in [2.05, 4.69) is 53.4 Å². The third-order valence-electron chi connectivity index (χ3n) is 2.74. The zero-order chi connectivity index (χ0) is 17.0. The summed E-state index contributed by atoms with van der Waals surface area (Å²) in [6, 6.07) is 1.66. The van der Waals surface area contributed by atoms with Gasteiger partial charge in [-0.15, -0.1) is 0 Å². The summed E-state index contributed by atoms with van der Waals surface area (Å²) in [5.41, 5.74) is 0. The molecule has 0 amide bonds. The van der Waals surface area contributed by atoms with Crippen LogP contribution in [0.5, 0.6) is 0 Å². The summed E-state index contributed by atoms with van der Waals surface area (Å²) in [5, 5.41) is 0. The SMILES string of the molecule is CC.CC.CCC.CCC.CCN1[C@H](C)CCC[C@@H]1C.[CH3-].[CH3-].[Y].[Y].[Y].[Y].[Y].[Y].[Y].[Y].[Y].[Y].[Y].[Y].[Y].[Y].[Y].[Y].[Y].[Y].[Y].[Y].[Y].[Y].[Y].[Y].[Y].[Y].[Y].[Y].[Y].[Y].[Y].[Y].[Y].[Y].[Y].[Y].[Y].[Y].[Y].[Y].[Y].[Y].[Y]. The summed E-state index contributed by atoms with van der Waals surface area (Å²) < 4.78 is 0. The Morgan fingerprint density at radius 1 is 0.246 bits per heavy atom. The predicted molar refractivity (Wildman–Crippen MR) is 113 cm³/mol. The zero-order valence-electron chi connectivity index (χ0n) is 43.7. The normalized spacial score (nSPS) is 6.32. The van der Waals surface area contributed by atoms with Crippen LogP contribution in [0.25, 0.3) is 0 Å². The van der Waals surface area contributed by atoms with Gasteiger partial charge in [0, 0.05) is 1420 Å². The van der Waals surface area contributed by atoms with Crippen LogP contribution in [0.2, 0.25) is 0 Å². The van der Waals surface area contributed by atoms with Gasteiger partial charge in [0.1, 0.15) is 0 Å². The average molecular weight is 4140 g/mol. The van der Waals surface area contributed by atoms with E-state index in [1.165, 1.54) is 38.6 Å². The Morgan fingerprint density at radius 2 is 0.323 bits per heavy atom. The molecule has 0 saturated carbocycles. The maximum Gasteiger partial charge on any atom is 0.00696 e. The third kappa shape index (κ3) is 332. The van der Waals surface area contributed by atoms with Crippen molar-refractivity contribution in [3.05, 3.63) is 14.9 Å². The maximum atomic E-state index is 2.60. The fourth-order valence-corrected chi connectivity index (χ4v) is 2.10. The number of rotatable bonds is 1. The Kier molecular flexibility index (Phi) is 1860. The molecule has 0 aromatic heterocycles. The number of likely N-dealkylation sites (tertiary alicyclic amines) is 1. The van der Waals surface area contributed by atoms with Crippen molar-refractivity contribution in [1.82, 2.24) is 4.90 Å². The maximum absolute atomic E-state index is 2.60. The second-order valence-corrected chi connectivity index (χ2v) is 4.87. The average Bonchev–Trinajstić information content (AvgIpc) is 2.45. The molecule has 1 rings (SSSR count). The van der Waals surface area contributed by atoms with Gasteiger partial charge in [-0.05, 0) is 33.2 Å². The summed E-state index contributed by atoms with van der Waals surface area (Å²) in [6.45, 7) is 24.7. The monoisotopic (exact) mass is 4140 g/mol. The van der Waals surface area contributed by atoms with E-state index in [1.807, 2.05) is 27.7 Å². The van der Waals surface area contributed by atoms with E-state index in [-0.39, 0.29) is 1420 Å². The summed E-state index contributed by atoms with van der Waals surface area (Å²) in [7, 11) is 0. The Hall–Kier alpha value is 47.4. The first-order valence-corrected chi connectivity index (χ1v) is 9.34. The number of hydrogen-bond acceptors (Lipinski definition) is 1. The topological polar surface area (TPSA) is 3.24 Å². The molecule has 1 saturated heterocycles. The van der Waals surface area contributed by atoms with E-state index in [4.69, 9.17) is 0 Å². The minimum Gasteiger partial charge on any atom is -0.358 e. The van der Waals surface area contributed by atoms with E-state index in [9.17, 15) is 0 Å². The molecule has 2 atom stereocenters.